The Kier molecular flexibility index (Phi) is 3.93. The number of carbonyl (C=O) groups is 1. The van der Waals surface area contributed by atoms with Gasteiger partial charge in [0, 0.05) is 17.7 Å². The van der Waals surface area contributed by atoms with Crippen molar-refractivity contribution in [1.82, 2.24) is 4.98 Å². The van der Waals surface area contributed by atoms with Gasteiger partial charge < -0.3 is 0 Å². The number of rotatable bonds is 2. The third-order valence-electron chi connectivity index (χ3n) is 2.63. The van der Waals surface area contributed by atoms with E-state index in [0.29, 0.717) is 16.9 Å². The SMILES string of the molecule is CN(C(=O)c1ccccc1Br)c1ccc(C#N)cn1. The van der Waals surface area contributed by atoms with Crippen molar-refractivity contribution in [1.29, 1.82) is 5.26 Å². The van der Waals surface area contributed by atoms with Crippen molar-refractivity contribution in [3.8, 4) is 6.07 Å². The maximum Gasteiger partial charge on any atom is 0.260 e. The van der Waals surface area contributed by atoms with Crippen LogP contribution in [0.25, 0.3) is 0 Å². The lowest BCUT2D eigenvalue weighted by atomic mass is 10.2. The van der Waals surface area contributed by atoms with E-state index in [4.69, 9.17) is 5.26 Å². The van der Waals surface area contributed by atoms with E-state index in [0.717, 1.165) is 4.47 Å². The molecular weight excluding hydrogens is 306 g/mol. The molecule has 0 bridgehead atoms. The summed E-state index contributed by atoms with van der Waals surface area (Å²) in [5, 5.41) is 8.71. The second kappa shape index (κ2) is 5.63. The van der Waals surface area contributed by atoms with Crippen LogP contribution in [-0.4, -0.2) is 17.9 Å². The summed E-state index contributed by atoms with van der Waals surface area (Å²) in [6.45, 7) is 0. The summed E-state index contributed by atoms with van der Waals surface area (Å²) in [5.41, 5.74) is 1.03. The fourth-order valence-electron chi connectivity index (χ4n) is 1.57. The van der Waals surface area contributed by atoms with Crippen molar-refractivity contribution < 1.29 is 4.79 Å². The summed E-state index contributed by atoms with van der Waals surface area (Å²) in [5.74, 6) is 0.337. The van der Waals surface area contributed by atoms with Crippen LogP contribution >= 0.6 is 15.9 Å². The fraction of sp³-hybridized carbons (Fsp3) is 0.0714. The molecule has 2 aromatic rings. The minimum atomic E-state index is -0.162. The van der Waals surface area contributed by atoms with Crippen LogP contribution in [0.4, 0.5) is 5.82 Å². The van der Waals surface area contributed by atoms with Crippen LogP contribution in [0, 0.1) is 11.3 Å². The maximum absolute atomic E-state index is 12.3. The van der Waals surface area contributed by atoms with Crippen LogP contribution in [0.15, 0.2) is 47.1 Å². The predicted molar refractivity (Wildman–Crippen MR) is 75.8 cm³/mol. The number of hydrogen-bond donors (Lipinski definition) is 0. The normalized spacial score (nSPS) is 9.74. The first-order valence-electron chi connectivity index (χ1n) is 5.52. The smallest absolute Gasteiger partial charge is 0.260 e. The van der Waals surface area contributed by atoms with Crippen molar-refractivity contribution in [2.24, 2.45) is 0 Å². The molecule has 0 spiro atoms. The largest absolute Gasteiger partial charge is 0.296 e. The highest BCUT2D eigenvalue weighted by Gasteiger charge is 2.16. The van der Waals surface area contributed by atoms with E-state index in [9.17, 15) is 4.79 Å². The molecule has 0 aliphatic heterocycles. The Balaban J connectivity index is 2.29. The molecule has 0 saturated heterocycles. The highest BCUT2D eigenvalue weighted by Crippen LogP contribution is 2.20. The Morgan fingerprint density at radius 2 is 2.05 bits per heavy atom. The molecule has 1 heterocycles. The molecule has 2 rings (SSSR count). The summed E-state index contributed by atoms with van der Waals surface area (Å²) < 4.78 is 0.737. The minimum Gasteiger partial charge on any atom is -0.296 e. The van der Waals surface area contributed by atoms with Crippen molar-refractivity contribution in [2.45, 2.75) is 0 Å². The van der Waals surface area contributed by atoms with E-state index < -0.39 is 0 Å². The molecular formula is C14H10BrN3O. The second-order valence-corrected chi connectivity index (χ2v) is 4.72. The molecule has 5 heteroatoms. The monoisotopic (exact) mass is 315 g/mol. The summed E-state index contributed by atoms with van der Waals surface area (Å²) in [6, 6.07) is 12.5. The zero-order chi connectivity index (χ0) is 13.8. The highest BCUT2D eigenvalue weighted by atomic mass is 79.9. The average Bonchev–Trinajstić information content (AvgIpc) is 2.46. The first kappa shape index (κ1) is 13.2. The first-order valence-corrected chi connectivity index (χ1v) is 6.31. The van der Waals surface area contributed by atoms with E-state index in [2.05, 4.69) is 20.9 Å². The molecule has 1 aromatic carbocycles. The third kappa shape index (κ3) is 2.80. The summed E-state index contributed by atoms with van der Waals surface area (Å²) in [6.07, 6.45) is 1.44. The Hall–Kier alpha value is -2.19. The van der Waals surface area contributed by atoms with Crippen LogP contribution < -0.4 is 4.90 Å². The zero-order valence-corrected chi connectivity index (χ0v) is 11.8. The molecule has 0 atom stereocenters. The number of carbonyl (C=O) groups excluding carboxylic acids is 1. The quantitative estimate of drug-likeness (QED) is 0.856. The predicted octanol–water partition coefficient (Wildman–Crippen LogP) is 2.99. The van der Waals surface area contributed by atoms with Gasteiger partial charge in [-0.3, -0.25) is 9.69 Å². The maximum atomic E-state index is 12.3. The summed E-state index contributed by atoms with van der Waals surface area (Å²) >= 11 is 3.35. The van der Waals surface area contributed by atoms with E-state index in [1.54, 1.807) is 31.3 Å². The fourth-order valence-corrected chi connectivity index (χ4v) is 2.02. The number of amides is 1. The molecule has 0 radical (unpaired) electrons. The van der Waals surface area contributed by atoms with Crippen molar-refractivity contribution in [2.75, 3.05) is 11.9 Å². The topological polar surface area (TPSA) is 57.0 Å². The highest BCUT2D eigenvalue weighted by molar-refractivity contribution is 9.10. The van der Waals surface area contributed by atoms with Gasteiger partial charge >= 0.3 is 0 Å². The molecule has 0 unspecified atom stereocenters. The number of anilines is 1. The third-order valence-corrected chi connectivity index (χ3v) is 3.32. The molecule has 94 valence electrons. The standard InChI is InChI=1S/C14H10BrN3O/c1-18(13-7-6-10(8-16)9-17-13)14(19)11-4-2-3-5-12(11)15/h2-7,9H,1H3. The number of pyridine rings is 1. The Labute approximate surface area is 119 Å². The van der Waals surface area contributed by atoms with E-state index in [-0.39, 0.29) is 5.91 Å². The Morgan fingerprint density at radius 1 is 1.32 bits per heavy atom. The number of nitriles is 1. The van der Waals surface area contributed by atoms with Gasteiger partial charge in [0.1, 0.15) is 11.9 Å². The number of halogens is 1. The minimum absolute atomic E-state index is 0.162. The van der Waals surface area contributed by atoms with E-state index in [1.807, 2.05) is 18.2 Å². The Bertz CT molecular complexity index is 646. The first-order chi connectivity index (χ1) is 9.13. The van der Waals surface area contributed by atoms with Crippen LogP contribution in [0.3, 0.4) is 0 Å². The lowest BCUT2D eigenvalue weighted by Crippen LogP contribution is -2.27. The molecule has 0 aliphatic rings. The molecule has 0 aliphatic carbocycles. The van der Waals surface area contributed by atoms with Gasteiger partial charge in [-0.15, -0.1) is 0 Å². The van der Waals surface area contributed by atoms with Crippen LogP contribution in [0.5, 0.6) is 0 Å². The van der Waals surface area contributed by atoms with E-state index in [1.165, 1.54) is 11.1 Å². The van der Waals surface area contributed by atoms with Gasteiger partial charge in [-0.2, -0.15) is 5.26 Å². The van der Waals surface area contributed by atoms with Gasteiger partial charge in [-0.05, 0) is 40.2 Å². The molecule has 1 aromatic heterocycles. The number of aromatic nitrogens is 1. The second-order valence-electron chi connectivity index (χ2n) is 3.86. The molecule has 0 saturated carbocycles. The van der Waals surface area contributed by atoms with Crippen molar-refractivity contribution >= 4 is 27.7 Å². The number of hydrogen-bond acceptors (Lipinski definition) is 3. The van der Waals surface area contributed by atoms with Crippen molar-refractivity contribution in [3.05, 3.63) is 58.2 Å². The van der Waals surface area contributed by atoms with Gasteiger partial charge in [0.15, 0.2) is 0 Å². The molecule has 0 N–H and O–H groups in total. The molecule has 0 fully saturated rings. The van der Waals surface area contributed by atoms with E-state index >= 15 is 0 Å². The molecule has 19 heavy (non-hydrogen) atoms. The average molecular weight is 316 g/mol. The lowest BCUT2D eigenvalue weighted by Gasteiger charge is -2.16. The summed E-state index contributed by atoms with van der Waals surface area (Å²) in [7, 11) is 1.65. The van der Waals surface area contributed by atoms with Crippen LogP contribution in [0.2, 0.25) is 0 Å². The Morgan fingerprint density at radius 3 is 2.63 bits per heavy atom. The zero-order valence-electron chi connectivity index (χ0n) is 10.2. The molecule has 4 nitrogen and oxygen atoms in total. The van der Waals surface area contributed by atoms with Gasteiger partial charge in [0.2, 0.25) is 0 Å². The van der Waals surface area contributed by atoms with Gasteiger partial charge in [-0.25, -0.2) is 4.98 Å². The van der Waals surface area contributed by atoms with Crippen LogP contribution in [0.1, 0.15) is 15.9 Å². The lowest BCUT2D eigenvalue weighted by molar-refractivity contribution is 0.0991. The van der Waals surface area contributed by atoms with Crippen molar-refractivity contribution in [3.63, 3.8) is 0 Å². The van der Waals surface area contributed by atoms with Gasteiger partial charge in [0.05, 0.1) is 11.1 Å². The summed E-state index contributed by atoms with van der Waals surface area (Å²) in [4.78, 5) is 17.8. The molecule has 1 amide bonds. The number of nitrogens with zero attached hydrogens (tertiary/aromatic N) is 3. The number of benzene rings is 1. The van der Waals surface area contributed by atoms with Crippen LogP contribution in [-0.2, 0) is 0 Å². The van der Waals surface area contributed by atoms with Gasteiger partial charge in [0.25, 0.3) is 5.91 Å². The van der Waals surface area contributed by atoms with Gasteiger partial charge in [-0.1, -0.05) is 12.1 Å².